The van der Waals surface area contributed by atoms with Gasteiger partial charge in [-0.05, 0) is 6.42 Å². The van der Waals surface area contributed by atoms with Crippen LogP contribution in [0.15, 0.2) is 12.4 Å². The molecule has 0 aliphatic carbocycles. The van der Waals surface area contributed by atoms with Gasteiger partial charge < -0.3 is 22.1 Å². The van der Waals surface area contributed by atoms with Crippen LogP contribution >= 0.6 is 21.6 Å². The molecule has 0 aromatic carbocycles. The summed E-state index contributed by atoms with van der Waals surface area (Å²) in [6.45, 7) is 2.95. The van der Waals surface area contributed by atoms with Crippen molar-refractivity contribution < 1.29 is 0 Å². The van der Waals surface area contributed by atoms with Gasteiger partial charge in [-0.1, -0.05) is 21.6 Å². The summed E-state index contributed by atoms with van der Waals surface area (Å²) >= 11 is 0. The van der Waals surface area contributed by atoms with E-state index in [-0.39, 0.29) is 0 Å². The first-order valence-electron chi connectivity index (χ1n) is 6.31. The maximum absolute atomic E-state index is 5.43. The Labute approximate surface area is 122 Å². The first kappa shape index (κ1) is 16.4. The van der Waals surface area contributed by atoms with Gasteiger partial charge in [-0.25, -0.2) is 9.97 Å². The Balaban J connectivity index is 2.14. The third-order valence-electron chi connectivity index (χ3n) is 2.11. The van der Waals surface area contributed by atoms with Crippen LogP contribution < -0.4 is 22.1 Å². The average molecular weight is 302 g/mol. The van der Waals surface area contributed by atoms with Crippen LogP contribution in [0.25, 0.3) is 0 Å². The Morgan fingerprint density at radius 1 is 0.947 bits per heavy atom. The van der Waals surface area contributed by atoms with Gasteiger partial charge in [0.05, 0.1) is 0 Å². The lowest BCUT2D eigenvalue weighted by molar-refractivity contribution is 0.971. The minimum atomic E-state index is 0.588. The summed E-state index contributed by atoms with van der Waals surface area (Å²) in [7, 11) is 3.69. The highest BCUT2D eigenvalue weighted by Crippen LogP contribution is 2.20. The number of rotatable bonds is 11. The number of nitrogens with one attached hydrogen (secondary N) is 2. The summed E-state index contributed by atoms with van der Waals surface area (Å²) in [4.78, 5) is 8.29. The Hall–Kier alpha value is -0.700. The predicted molar refractivity (Wildman–Crippen MR) is 86.7 cm³/mol. The van der Waals surface area contributed by atoms with Gasteiger partial charge in [-0.2, -0.15) is 0 Å². The molecule has 0 aliphatic heterocycles. The molecular formula is C11H22N6S2. The molecule has 1 aromatic heterocycles. The zero-order valence-electron chi connectivity index (χ0n) is 11.0. The minimum Gasteiger partial charge on any atom is -0.370 e. The topological polar surface area (TPSA) is 102 Å². The summed E-state index contributed by atoms with van der Waals surface area (Å²) in [5.41, 5.74) is 10.8. The summed E-state index contributed by atoms with van der Waals surface area (Å²) in [6, 6.07) is 1.89. The van der Waals surface area contributed by atoms with E-state index >= 15 is 0 Å². The highest BCUT2D eigenvalue weighted by atomic mass is 33.1. The molecule has 0 unspecified atom stereocenters. The molecule has 1 rings (SSSR count). The summed E-state index contributed by atoms with van der Waals surface area (Å²) in [5.74, 6) is 3.77. The van der Waals surface area contributed by atoms with Crippen molar-refractivity contribution in [2.45, 2.75) is 6.42 Å². The van der Waals surface area contributed by atoms with Gasteiger partial charge in [0.2, 0.25) is 0 Å². The van der Waals surface area contributed by atoms with E-state index in [2.05, 4.69) is 20.6 Å². The van der Waals surface area contributed by atoms with Crippen LogP contribution in [0.3, 0.4) is 0 Å². The molecule has 1 aromatic rings. The molecule has 0 spiro atoms. The lowest BCUT2D eigenvalue weighted by atomic mass is 10.4. The van der Waals surface area contributed by atoms with Crippen molar-refractivity contribution >= 4 is 33.2 Å². The molecule has 0 amide bonds. The van der Waals surface area contributed by atoms with Gasteiger partial charge >= 0.3 is 0 Å². The first-order chi connectivity index (χ1) is 9.36. The van der Waals surface area contributed by atoms with Gasteiger partial charge in [-0.15, -0.1) is 0 Å². The average Bonchev–Trinajstić information content (AvgIpc) is 2.44. The molecule has 0 aliphatic rings. The predicted octanol–water partition coefficient (Wildman–Crippen LogP) is 0.989. The summed E-state index contributed by atoms with van der Waals surface area (Å²) < 4.78 is 0. The second kappa shape index (κ2) is 11.2. The van der Waals surface area contributed by atoms with E-state index in [4.69, 9.17) is 11.5 Å². The third kappa shape index (κ3) is 8.14. The van der Waals surface area contributed by atoms with Crippen molar-refractivity contribution in [3.63, 3.8) is 0 Å². The molecule has 108 valence electrons. The van der Waals surface area contributed by atoms with E-state index in [0.29, 0.717) is 13.1 Å². The monoisotopic (exact) mass is 302 g/mol. The Bertz CT molecular complexity index is 339. The molecule has 8 heteroatoms. The number of hydrogen-bond acceptors (Lipinski definition) is 8. The van der Waals surface area contributed by atoms with Crippen LogP contribution in [0.5, 0.6) is 0 Å². The van der Waals surface area contributed by atoms with Gasteiger partial charge in [0.1, 0.15) is 18.0 Å². The lowest BCUT2D eigenvalue weighted by Crippen LogP contribution is -2.14. The van der Waals surface area contributed by atoms with Crippen LogP contribution in [0.1, 0.15) is 6.42 Å². The van der Waals surface area contributed by atoms with Gasteiger partial charge in [-0.3, -0.25) is 0 Å². The Morgan fingerprint density at radius 3 is 2.32 bits per heavy atom. The van der Waals surface area contributed by atoms with Crippen molar-refractivity contribution in [2.24, 2.45) is 11.5 Å². The summed E-state index contributed by atoms with van der Waals surface area (Å²) in [5, 5.41) is 6.41. The third-order valence-corrected chi connectivity index (χ3v) is 4.64. The van der Waals surface area contributed by atoms with Gasteiger partial charge in [0, 0.05) is 43.8 Å². The maximum atomic E-state index is 5.43. The fraction of sp³-hybridized carbons (Fsp3) is 0.636. The molecular weight excluding hydrogens is 280 g/mol. The molecule has 19 heavy (non-hydrogen) atoms. The van der Waals surface area contributed by atoms with Crippen molar-refractivity contribution in [1.82, 2.24) is 9.97 Å². The van der Waals surface area contributed by atoms with Crippen LogP contribution in [0.4, 0.5) is 11.6 Å². The fourth-order valence-electron chi connectivity index (χ4n) is 1.26. The zero-order chi connectivity index (χ0) is 13.8. The lowest BCUT2D eigenvalue weighted by Gasteiger charge is -2.07. The highest BCUT2D eigenvalue weighted by Gasteiger charge is 1.97. The molecule has 0 fully saturated rings. The van der Waals surface area contributed by atoms with E-state index in [1.807, 2.05) is 27.7 Å². The molecule has 6 nitrogen and oxygen atoms in total. The van der Waals surface area contributed by atoms with Crippen LogP contribution in [0.2, 0.25) is 0 Å². The van der Waals surface area contributed by atoms with Gasteiger partial charge in [0.25, 0.3) is 0 Å². The van der Waals surface area contributed by atoms with Crippen LogP contribution in [-0.4, -0.2) is 47.7 Å². The molecule has 0 saturated heterocycles. The number of anilines is 2. The van der Waals surface area contributed by atoms with Crippen molar-refractivity contribution in [3.05, 3.63) is 12.4 Å². The quantitative estimate of drug-likeness (QED) is 0.354. The normalized spacial score (nSPS) is 10.4. The molecule has 0 saturated carbocycles. The number of nitrogens with two attached hydrogens (primary N) is 2. The maximum Gasteiger partial charge on any atom is 0.131 e. The Morgan fingerprint density at radius 2 is 1.63 bits per heavy atom. The van der Waals surface area contributed by atoms with Crippen molar-refractivity contribution in [3.8, 4) is 0 Å². The smallest absolute Gasteiger partial charge is 0.131 e. The first-order valence-corrected chi connectivity index (χ1v) is 8.80. The van der Waals surface area contributed by atoms with E-state index in [1.54, 1.807) is 6.33 Å². The number of nitrogens with zero attached hydrogens (tertiary/aromatic N) is 2. The minimum absolute atomic E-state index is 0.588. The van der Waals surface area contributed by atoms with Crippen molar-refractivity contribution in [1.29, 1.82) is 0 Å². The zero-order valence-corrected chi connectivity index (χ0v) is 12.6. The second-order valence-electron chi connectivity index (χ2n) is 3.72. The number of aromatic nitrogens is 2. The molecule has 1 heterocycles. The molecule has 0 bridgehead atoms. The van der Waals surface area contributed by atoms with Crippen LogP contribution in [0, 0.1) is 0 Å². The summed E-state index contributed by atoms with van der Waals surface area (Å²) in [6.07, 6.45) is 2.64. The SMILES string of the molecule is NCCNc1cc(NCCCSSCCN)ncn1. The highest BCUT2D eigenvalue weighted by molar-refractivity contribution is 8.76. The second-order valence-corrected chi connectivity index (χ2v) is 6.42. The largest absolute Gasteiger partial charge is 0.370 e. The van der Waals surface area contributed by atoms with Crippen molar-refractivity contribution in [2.75, 3.05) is 48.3 Å². The van der Waals surface area contributed by atoms with E-state index in [9.17, 15) is 0 Å². The standard InChI is InChI=1S/C11H22N6S2/c12-2-5-15-11-8-10(16-9-17-11)14-4-1-6-18-19-7-3-13/h8-9H,1-7,12-13H2,(H2,14,15,16,17). The fourth-order valence-corrected chi connectivity index (χ4v) is 3.21. The molecule has 6 N–H and O–H groups in total. The Kier molecular flexibility index (Phi) is 9.60. The number of hydrogen-bond donors (Lipinski definition) is 4. The molecule has 0 atom stereocenters. The van der Waals surface area contributed by atoms with E-state index in [0.717, 1.165) is 42.7 Å². The van der Waals surface area contributed by atoms with E-state index < -0.39 is 0 Å². The van der Waals surface area contributed by atoms with Gasteiger partial charge in [0.15, 0.2) is 0 Å². The van der Waals surface area contributed by atoms with E-state index in [1.165, 1.54) is 0 Å². The van der Waals surface area contributed by atoms with Crippen LogP contribution in [-0.2, 0) is 0 Å². The molecule has 0 radical (unpaired) electrons.